The Morgan fingerprint density at radius 2 is 1.28 bits per heavy atom. The Labute approximate surface area is 222 Å². The summed E-state index contributed by atoms with van der Waals surface area (Å²) in [6, 6.07) is 0. The van der Waals surface area contributed by atoms with Gasteiger partial charge < -0.3 is 24.2 Å². The molecule has 8 heteroatoms. The molecule has 36 heavy (non-hydrogen) atoms. The minimum atomic E-state index is -3.69. The summed E-state index contributed by atoms with van der Waals surface area (Å²) in [6.07, 6.45) is 21.4. The number of hydrogen-bond donors (Lipinski definition) is 2. The third-order valence-corrected chi connectivity index (χ3v) is 7.80. The first kappa shape index (κ1) is 35.5. The summed E-state index contributed by atoms with van der Waals surface area (Å²) in [5, 5.41) is 2.94. The highest BCUT2D eigenvalue weighted by atomic mass is 31.2. The smallest absolute Gasteiger partial charge is 0.328 e. The van der Waals surface area contributed by atoms with Gasteiger partial charge in [0.1, 0.15) is 6.10 Å². The van der Waals surface area contributed by atoms with Gasteiger partial charge in [-0.2, -0.15) is 0 Å². The van der Waals surface area contributed by atoms with E-state index in [9.17, 15) is 14.3 Å². The Hall–Kier alpha value is -0.460. The zero-order valence-corrected chi connectivity index (χ0v) is 24.7. The van der Waals surface area contributed by atoms with Crippen LogP contribution in [0.5, 0.6) is 0 Å². The van der Waals surface area contributed by atoms with Crippen molar-refractivity contribution >= 4 is 13.6 Å². The highest BCUT2D eigenvalue weighted by Crippen LogP contribution is 2.42. The maximum atomic E-state index is 12.1. The number of carbonyl (C=O) groups is 1. The quantitative estimate of drug-likeness (QED) is 0.0612. The zero-order valence-electron chi connectivity index (χ0n) is 23.8. The molecule has 0 aromatic heterocycles. The molecule has 0 fully saturated rings. The van der Waals surface area contributed by atoms with E-state index in [1.165, 1.54) is 89.9 Å². The standard InChI is InChI=1S/C28H58NO6P/c1-4-6-7-8-9-10-11-12-13-14-15-16-17-18-19-20-23-33-25-27(35-28(30)5-2)26-34-36(31,32)24-21-22-29-3/h27,29H,4-26H2,1-3H3,(H,31,32). The molecule has 7 nitrogen and oxygen atoms in total. The second kappa shape index (κ2) is 26.2. The fourth-order valence-electron chi connectivity index (χ4n) is 4.07. The Balaban J connectivity index is 3.70. The third kappa shape index (κ3) is 25.2. The van der Waals surface area contributed by atoms with Crippen LogP contribution in [0.4, 0.5) is 0 Å². The van der Waals surface area contributed by atoms with Crippen LogP contribution in [0.3, 0.4) is 0 Å². The Bertz CT molecular complexity index is 534. The van der Waals surface area contributed by atoms with Crippen molar-refractivity contribution < 1.29 is 28.3 Å². The fourth-order valence-corrected chi connectivity index (χ4v) is 5.16. The number of rotatable bonds is 28. The zero-order chi connectivity index (χ0) is 26.7. The van der Waals surface area contributed by atoms with Gasteiger partial charge in [0, 0.05) is 13.0 Å². The van der Waals surface area contributed by atoms with Crippen LogP contribution in [-0.4, -0.2) is 56.5 Å². The van der Waals surface area contributed by atoms with Crippen molar-refractivity contribution in [2.45, 2.75) is 136 Å². The maximum Gasteiger partial charge on any atom is 0.328 e. The van der Waals surface area contributed by atoms with E-state index in [0.717, 1.165) is 12.8 Å². The molecule has 216 valence electrons. The summed E-state index contributed by atoms with van der Waals surface area (Å²) in [5.41, 5.74) is 0. The van der Waals surface area contributed by atoms with E-state index < -0.39 is 13.7 Å². The van der Waals surface area contributed by atoms with Crippen LogP contribution < -0.4 is 5.32 Å². The van der Waals surface area contributed by atoms with Crippen LogP contribution in [-0.2, 0) is 23.4 Å². The fraction of sp³-hybridized carbons (Fsp3) is 0.964. The van der Waals surface area contributed by atoms with Gasteiger partial charge in [-0.25, -0.2) is 0 Å². The van der Waals surface area contributed by atoms with E-state index in [2.05, 4.69) is 12.2 Å². The van der Waals surface area contributed by atoms with E-state index in [1.807, 2.05) is 0 Å². The maximum absolute atomic E-state index is 12.1. The molecule has 2 unspecified atom stereocenters. The molecule has 0 aromatic rings. The molecule has 0 aliphatic rings. The molecular weight excluding hydrogens is 477 g/mol. The van der Waals surface area contributed by atoms with Crippen molar-refractivity contribution in [1.29, 1.82) is 0 Å². The Morgan fingerprint density at radius 1 is 0.778 bits per heavy atom. The number of nitrogens with one attached hydrogen (secondary N) is 1. The minimum absolute atomic E-state index is 0.0718. The first-order valence-corrected chi connectivity index (χ1v) is 16.6. The second-order valence-corrected chi connectivity index (χ2v) is 11.9. The van der Waals surface area contributed by atoms with Gasteiger partial charge in [-0.05, 0) is 26.4 Å². The molecule has 0 saturated heterocycles. The van der Waals surface area contributed by atoms with Gasteiger partial charge >= 0.3 is 13.6 Å². The molecule has 0 radical (unpaired) electrons. The molecule has 0 aromatic carbocycles. The van der Waals surface area contributed by atoms with Crippen molar-refractivity contribution in [3.8, 4) is 0 Å². The van der Waals surface area contributed by atoms with E-state index in [4.69, 9.17) is 14.0 Å². The molecule has 0 rings (SSSR count). The molecule has 0 amide bonds. The monoisotopic (exact) mass is 535 g/mol. The van der Waals surface area contributed by atoms with Crippen LogP contribution in [0.15, 0.2) is 0 Å². The molecular formula is C28H58NO6P. The van der Waals surface area contributed by atoms with Gasteiger partial charge in [0.25, 0.3) is 0 Å². The molecule has 0 bridgehead atoms. The van der Waals surface area contributed by atoms with E-state index in [1.54, 1.807) is 14.0 Å². The lowest BCUT2D eigenvalue weighted by molar-refractivity contribution is -0.153. The van der Waals surface area contributed by atoms with E-state index in [0.29, 0.717) is 19.6 Å². The Kier molecular flexibility index (Phi) is 25.8. The van der Waals surface area contributed by atoms with Gasteiger partial charge in [0.05, 0.1) is 19.4 Å². The summed E-state index contributed by atoms with van der Waals surface area (Å²) in [7, 11) is -1.90. The van der Waals surface area contributed by atoms with Crippen LogP contribution in [0.2, 0.25) is 0 Å². The average molecular weight is 536 g/mol. The summed E-state index contributed by atoms with van der Waals surface area (Å²) in [4.78, 5) is 21.6. The average Bonchev–Trinajstić information content (AvgIpc) is 2.86. The highest BCUT2D eigenvalue weighted by molar-refractivity contribution is 7.52. The van der Waals surface area contributed by atoms with Gasteiger partial charge in [-0.3, -0.25) is 9.36 Å². The van der Waals surface area contributed by atoms with Crippen LogP contribution >= 0.6 is 7.60 Å². The van der Waals surface area contributed by atoms with Crippen LogP contribution in [0.25, 0.3) is 0 Å². The van der Waals surface area contributed by atoms with Crippen LogP contribution in [0, 0.1) is 0 Å². The van der Waals surface area contributed by atoms with Crippen molar-refractivity contribution in [2.24, 2.45) is 0 Å². The van der Waals surface area contributed by atoms with Crippen molar-refractivity contribution in [3.05, 3.63) is 0 Å². The first-order chi connectivity index (χ1) is 17.4. The largest absolute Gasteiger partial charge is 0.457 e. The van der Waals surface area contributed by atoms with Crippen molar-refractivity contribution in [3.63, 3.8) is 0 Å². The number of carbonyl (C=O) groups excluding carboxylic acids is 1. The van der Waals surface area contributed by atoms with Gasteiger partial charge in [-0.1, -0.05) is 110 Å². The van der Waals surface area contributed by atoms with Crippen molar-refractivity contribution in [2.75, 3.05) is 39.6 Å². The summed E-state index contributed by atoms with van der Waals surface area (Å²) in [5.74, 6) is -0.363. The summed E-state index contributed by atoms with van der Waals surface area (Å²) >= 11 is 0. The van der Waals surface area contributed by atoms with E-state index >= 15 is 0 Å². The SMILES string of the molecule is CCCCCCCCCCCCCCCCCCOCC(COP(=O)(O)CCCNC)OC(=O)CC. The normalized spacial score (nSPS) is 14.0. The topological polar surface area (TPSA) is 94.1 Å². The molecule has 0 aliphatic carbocycles. The van der Waals surface area contributed by atoms with Gasteiger partial charge in [0.2, 0.25) is 0 Å². The minimum Gasteiger partial charge on any atom is -0.457 e. The summed E-state index contributed by atoms with van der Waals surface area (Å²) in [6.45, 7) is 5.28. The molecule has 0 spiro atoms. The lowest BCUT2D eigenvalue weighted by Crippen LogP contribution is -2.28. The van der Waals surface area contributed by atoms with Gasteiger partial charge in [0.15, 0.2) is 0 Å². The van der Waals surface area contributed by atoms with Gasteiger partial charge in [-0.15, -0.1) is 0 Å². The lowest BCUT2D eigenvalue weighted by atomic mass is 10.0. The number of unbranched alkanes of at least 4 members (excludes halogenated alkanes) is 15. The molecule has 2 N–H and O–H groups in total. The number of hydrogen-bond acceptors (Lipinski definition) is 6. The number of ether oxygens (including phenoxy) is 2. The predicted molar refractivity (Wildman–Crippen MR) is 150 cm³/mol. The Morgan fingerprint density at radius 3 is 1.75 bits per heavy atom. The molecule has 2 atom stereocenters. The number of esters is 1. The highest BCUT2D eigenvalue weighted by Gasteiger charge is 2.23. The molecule has 0 aliphatic heterocycles. The first-order valence-electron chi connectivity index (χ1n) is 14.8. The molecule has 0 heterocycles. The molecule has 0 saturated carbocycles. The van der Waals surface area contributed by atoms with Crippen molar-refractivity contribution in [1.82, 2.24) is 5.32 Å². The summed E-state index contributed by atoms with van der Waals surface area (Å²) < 4.78 is 28.3. The third-order valence-electron chi connectivity index (χ3n) is 6.36. The second-order valence-electron chi connectivity index (χ2n) is 9.96. The lowest BCUT2D eigenvalue weighted by Gasteiger charge is -2.20. The van der Waals surface area contributed by atoms with E-state index in [-0.39, 0.29) is 31.8 Å². The predicted octanol–water partition coefficient (Wildman–Crippen LogP) is 7.40. The van der Waals surface area contributed by atoms with Crippen LogP contribution in [0.1, 0.15) is 129 Å².